The highest BCUT2D eigenvalue weighted by atomic mass is 16.1. The number of ketones is 1. The van der Waals surface area contributed by atoms with E-state index >= 15 is 0 Å². The maximum Gasteiger partial charge on any atom is 0.168 e. The van der Waals surface area contributed by atoms with Crippen LogP contribution in [0.25, 0.3) is 0 Å². The van der Waals surface area contributed by atoms with Gasteiger partial charge < -0.3 is 0 Å². The van der Waals surface area contributed by atoms with E-state index in [1.807, 2.05) is 19.1 Å². The number of aromatic nitrogens is 1. The standard InChI is InChI=1S/C12H15NO/c1-8-4-5-9(7-13-8)11(14)10-6-12(10,2)3/h4-5,7,10H,6H2,1-3H3. The number of pyridine rings is 1. The van der Waals surface area contributed by atoms with E-state index in [4.69, 9.17) is 0 Å². The van der Waals surface area contributed by atoms with Gasteiger partial charge in [0.2, 0.25) is 0 Å². The summed E-state index contributed by atoms with van der Waals surface area (Å²) in [6, 6.07) is 3.77. The Bertz CT molecular complexity index is 364. The van der Waals surface area contributed by atoms with Gasteiger partial charge in [-0.15, -0.1) is 0 Å². The summed E-state index contributed by atoms with van der Waals surface area (Å²) >= 11 is 0. The van der Waals surface area contributed by atoms with Crippen molar-refractivity contribution in [2.75, 3.05) is 0 Å². The van der Waals surface area contributed by atoms with Gasteiger partial charge in [0.15, 0.2) is 5.78 Å². The second-order valence-corrected chi connectivity index (χ2v) is 4.80. The quantitative estimate of drug-likeness (QED) is 0.669. The molecule has 0 aromatic carbocycles. The van der Waals surface area contributed by atoms with Crippen molar-refractivity contribution < 1.29 is 4.79 Å². The Morgan fingerprint density at radius 1 is 1.50 bits per heavy atom. The Hall–Kier alpha value is -1.18. The smallest absolute Gasteiger partial charge is 0.168 e. The molecule has 1 aliphatic carbocycles. The lowest BCUT2D eigenvalue weighted by Crippen LogP contribution is -2.06. The zero-order valence-corrected chi connectivity index (χ0v) is 8.87. The fourth-order valence-corrected chi connectivity index (χ4v) is 1.73. The van der Waals surface area contributed by atoms with Crippen molar-refractivity contribution in [3.8, 4) is 0 Å². The molecule has 1 aliphatic rings. The molecule has 1 saturated carbocycles. The van der Waals surface area contributed by atoms with E-state index in [2.05, 4.69) is 18.8 Å². The molecule has 0 radical (unpaired) electrons. The minimum absolute atomic E-state index is 0.210. The van der Waals surface area contributed by atoms with Gasteiger partial charge in [0.05, 0.1) is 0 Å². The van der Waals surface area contributed by atoms with Crippen LogP contribution in [-0.2, 0) is 0 Å². The number of Topliss-reactive ketones (excluding diaryl/α,β-unsaturated/α-hetero) is 1. The van der Waals surface area contributed by atoms with E-state index in [9.17, 15) is 4.79 Å². The number of nitrogens with zero attached hydrogens (tertiary/aromatic N) is 1. The Balaban J connectivity index is 2.17. The first kappa shape index (κ1) is 9.38. The van der Waals surface area contributed by atoms with Crippen molar-refractivity contribution >= 4 is 5.78 Å². The van der Waals surface area contributed by atoms with Crippen molar-refractivity contribution in [2.45, 2.75) is 27.2 Å². The lowest BCUT2D eigenvalue weighted by Gasteiger charge is -2.02. The number of carbonyl (C=O) groups is 1. The summed E-state index contributed by atoms with van der Waals surface area (Å²) in [5.74, 6) is 0.467. The highest BCUT2D eigenvalue weighted by molar-refractivity contribution is 5.99. The minimum atomic E-state index is 0.210. The van der Waals surface area contributed by atoms with Crippen LogP contribution in [0.4, 0.5) is 0 Å². The van der Waals surface area contributed by atoms with Gasteiger partial charge in [0.25, 0.3) is 0 Å². The van der Waals surface area contributed by atoms with Crippen molar-refractivity contribution in [2.24, 2.45) is 11.3 Å². The van der Waals surface area contributed by atoms with E-state index in [-0.39, 0.29) is 17.1 Å². The van der Waals surface area contributed by atoms with Crippen LogP contribution >= 0.6 is 0 Å². The lowest BCUT2D eigenvalue weighted by atomic mass is 10.0. The molecule has 0 amide bonds. The van der Waals surface area contributed by atoms with E-state index in [0.717, 1.165) is 17.7 Å². The van der Waals surface area contributed by atoms with Gasteiger partial charge >= 0.3 is 0 Å². The van der Waals surface area contributed by atoms with Crippen LogP contribution in [0.15, 0.2) is 18.3 Å². The third-order valence-electron chi connectivity index (χ3n) is 3.03. The first-order chi connectivity index (χ1) is 6.50. The Morgan fingerprint density at radius 3 is 2.57 bits per heavy atom. The van der Waals surface area contributed by atoms with Gasteiger partial charge in [0.1, 0.15) is 0 Å². The summed E-state index contributed by atoms with van der Waals surface area (Å²) in [5, 5.41) is 0. The van der Waals surface area contributed by atoms with Gasteiger partial charge in [-0.05, 0) is 30.9 Å². The normalized spacial score (nSPS) is 23.2. The summed E-state index contributed by atoms with van der Waals surface area (Å²) in [6.45, 7) is 6.20. The lowest BCUT2D eigenvalue weighted by molar-refractivity contribution is 0.0953. The SMILES string of the molecule is Cc1ccc(C(=O)C2CC2(C)C)cn1. The Morgan fingerprint density at radius 2 is 2.14 bits per heavy atom. The van der Waals surface area contributed by atoms with Crippen molar-refractivity contribution in [1.29, 1.82) is 0 Å². The summed E-state index contributed by atoms with van der Waals surface area (Å²) in [4.78, 5) is 16.0. The summed E-state index contributed by atoms with van der Waals surface area (Å²) < 4.78 is 0. The molecule has 0 aliphatic heterocycles. The van der Waals surface area contributed by atoms with Crippen molar-refractivity contribution in [1.82, 2.24) is 4.98 Å². The zero-order chi connectivity index (χ0) is 10.3. The predicted octanol–water partition coefficient (Wildman–Crippen LogP) is 2.62. The fourth-order valence-electron chi connectivity index (χ4n) is 1.73. The Labute approximate surface area is 84.4 Å². The topological polar surface area (TPSA) is 30.0 Å². The molecule has 1 aromatic heterocycles. The number of rotatable bonds is 2. The van der Waals surface area contributed by atoms with Crippen LogP contribution in [0.5, 0.6) is 0 Å². The zero-order valence-electron chi connectivity index (χ0n) is 8.87. The maximum atomic E-state index is 11.9. The number of hydrogen-bond donors (Lipinski definition) is 0. The monoisotopic (exact) mass is 189 g/mol. The molecule has 1 fully saturated rings. The molecule has 0 N–H and O–H groups in total. The van der Waals surface area contributed by atoms with Gasteiger partial charge in [-0.1, -0.05) is 13.8 Å². The van der Waals surface area contributed by atoms with Crippen LogP contribution in [0.3, 0.4) is 0 Å². The van der Waals surface area contributed by atoms with Gasteiger partial charge in [-0.3, -0.25) is 9.78 Å². The molecule has 0 saturated heterocycles. The largest absolute Gasteiger partial charge is 0.294 e. The summed E-state index contributed by atoms with van der Waals surface area (Å²) in [6.07, 6.45) is 2.70. The van der Waals surface area contributed by atoms with E-state index in [1.54, 1.807) is 6.20 Å². The highest BCUT2D eigenvalue weighted by Crippen LogP contribution is 2.52. The molecule has 1 aromatic rings. The number of carbonyl (C=O) groups excluding carboxylic acids is 1. The molecule has 0 spiro atoms. The molecule has 2 rings (SSSR count). The summed E-state index contributed by atoms with van der Waals surface area (Å²) in [5.41, 5.74) is 1.92. The van der Waals surface area contributed by atoms with E-state index in [0.29, 0.717) is 0 Å². The third-order valence-corrected chi connectivity index (χ3v) is 3.03. The molecule has 74 valence electrons. The van der Waals surface area contributed by atoms with Crippen molar-refractivity contribution in [3.63, 3.8) is 0 Å². The predicted molar refractivity (Wildman–Crippen MR) is 55.2 cm³/mol. The molecular weight excluding hydrogens is 174 g/mol. The van der Waals surface area contributed by atoms with Gasteiger partial charge in [0, 0.05) is 23.4 Å². The Kier molecular flexibility index (Phi) is 1.95. The highest BCUT2D eigenvalue weighted by Gasteiger charge is 2.50. The van der Waals surface area contributed by atoms with Crippen LogP contribution in [0, 0.1) is 18.3 Å². The minimum Gasteiger partial charge on any atom is -0.294 e. The van der Waals surface area contributed by atoms with Gasteiger partial charge in [-0.25, -0.2) is 0 Å². The first-order valence-corrected chi connectivity index (χ1v) is 4.97. The molecule has 1 heterocycles. The van der Waals surface area contributed by atoms with Crippen LogP contribution < -0.4 is 0 Å². The maximum absolute atomic E-state index is 11.9. The average molecular weight is 189 g/mol. The second kappa shape index (κ2) is 2.91. The molecule has 1 unspecified atom stereocenters. The second-order valence-electron chi connectivity index (χ2n) is 4.80. The molecule has 1 atom stereocenters. The van der Waals surface area contributed by atoms with Crippen LogP contribution in [-0.4, -0.2) is 10.8 Å². The van der Waals surface area contributed by atoms with Crippen molar-refractivity contribution in [3.05, 3.63) is 29.6 Å². The molecule has 14 heavy (non-hydrogen) atoms. The molecular formula is C12H15NO. The molecule has 0 bridgehead atoms. The number of hydrogen-bond acceptors (Lipinski definition) is 2. The fraction of sp³-hybridized carbons (Fsp3) is 0.500. The van der Waals surface area contributed by atoms with E-state index < -0.39 is 0 Å². The van der Waals surface area contributed by atoms with Crippen LogP contribution in [0.1, 0.15) is 36.3 Å². The van der Waals surface area contributed by atoms with Gasteiger partial charge in [-0.2, -0.15) is 0 Å². The number of aryl methyl sites for hydroxylation is 1. The summed E-state index contributed by atoms with van der Waals surface area (Å²) in [7, 11) is 0. The third kappa shape index (κ3) is 1.57. The molecule has 2 nitrogen and oxygen atoms in total. The first-order valence-electron chi connectivity index (χ1n) is 4.97. The average Bonchev–Trinajstić information content (AvgIpc) is 2.75. The van der Waals surface area contributed by atoms with Crippen LogP contribution in [0.2, 0.25) is 0 Å². The molecule has 2 heteroatoms. The van der Waals surface area contributed by atoms with E-state index in [1.165, 1.54) is 0 Å².